The fourth-order valence-corrected chi connectivity index (χ4v) is 4.70. The van der Waals surface area contributed by atoms with E-state index in [1.807, 2.05) is 48.5 Å². The second-order valence-corrected chi connectivity index (χ2v) is 7.67. The predicted octanol–water partition coefficient (Wildman–Crippen LogP) is 5.05. The van der Waals surface area contributed by atoms with Gasteiger partial charge in [0.25, 0.3) is 0 Å². The highest BCUT2D eigenvalue weighted by atomic mass is 16.3. The van der Waals surface area contributed by atoms with Crippen LogP contribution in [-0.2, 0) is 4.79 Å². The summed E-state index contributed by atoms with van der Waals surface area (Å²) in [6.45, 7) is 0. The number of anilines is 1. The monoisotopic (exact) mass is 381 g/mol. The van der Waals surface area contributed by atoms with Gasteiger partial charge in [-0.1, -0.05) is 42.5 Å². The van der Waals surface area contributed by atoms with Crippen molar-refractivity contribution in [2.24, 2.45) is 0 Å². The van der Waals surface area contributed by atoms with Crippen molar-refractivity contribution in [2.45, 2.75) is 24.8 Å². The number of para-hydroxylation sites is 2. The highest BCUT2D eigenvalue weighted by Crippen LogP contribution is 2.45. The molecule has 1 N–H and O–H groups in total. The number of allylic oxidation sites excluding steroid dienone is 2. The molecule has 6 rings (SSSR count). The van der Waals surface area contributed by atoms with Gasteiger partial charge in [-0.15, -0.1) is 0 Å². The number of rotatable bonds is 2. The fourth-order valence-electron chi connectivity index (χ4n) is 4.70. The zero-order valence-electron chi connectivity index (χ0n) is 15.7. The van der Waals surface area contributed by atoms with Gasteiger partial charge in [0.2, 0.25) is 5.95 Å². The van der Waals surface area contributed by atoms with Crippen molar-refractivity contribution < 1.29 is 9.21 Å². The Morgan fingerprint density at radius 1 is 0.966 bits per heavy atom. The highest BCUT2D eigenvalue weighted by molar-refractivity contribution is 6.01. The van der Waals surface area contributed by atoms with Crippen LogP contribution in [0.25, 0.3) is 11.0 Å². The van der Waals surface area contributed by atoms with E-state index in [0.717, 1.165) is 46.0 Å². The van der Waals surface area contributed by atoms with Gasteiger partial charge in [-0.2, -0.15) is 0 Å². The number of imidazole rings is 1. The number of Topliss-reactive ketones (excluding diaryl/α,β-unsaturated/α-hetero) is 1. The number of hydrogen-bond acceptors (Lipinski definition) is 4. The second kappa shape index (κ2) is 6.21. The molecule has 1 aliphatic heterocycles. The second-order valence-electron chi connectivity index (χ2n) is 7.67. The average molecular weight is 381 g/mol. The average Bonchev–Trinajstić information content (AvgIpc) is 3.40. The van der Waals surface area contributed by atoms with Crippen molar-refractivity contribution in [1.29, 1.82) is 0 Å². The largest absolute Gasteiger partial charge is 0.469 e. The van der Waals surface area contributed by atoms with E-state index in [9.17, 15) is 4.79 Å². The van der Waals surface area contributed by atoms with Gasteiger partial charge in [0.05, 0.1) is 23.3 Å². The van der Waals surface area contributed by atoms with Crippen LogP contribution < -0.4 is 5.32 Å². The van der Waals surface area contributed by atoms with E-state index in [1.165, 1.54) is 0 Å². The molecule has 2 aromatic carbocycles. The summed E-state index contributed by atoms with van der Waals surface area (Å²) in [6.07, 6.45) is 2.87. The van der Waals surface area contributed by atoms with Gasteiger partial charge in [0.15, 0.2) is 5.78 Å². The van der Waals surface area contributed by atoms with Crippen molar-refractivity contribution in [3.8, 4) is 0 Å². The first-order valence-electron chi connectivity index (χ1n) is 9.88. The molecule has 0 unspecified atom stereocenters. The number of carbonyl (C=O) groups is 1. The van der Waals surface area contributed by atoms with Crippen LogP contribution in [0, 0.1) is 0 Å². The topological polar surface area (TPSA) is 60.1 Å². The Bertz CT molecular complexity index is 1250. The lowest BCUT2D eigenvalue weighted by Crippen LogP contribution is -2.33. The highest BCUT2D eigenvalue weighted by Gasteiger charge is 2.40. The number of fused-ring (bicyclic) bond motifs is 3. The fraction of sp³-hybridized carbons (Fsp3) is 0.167. The van der Waals surface area contributed by atoms with Crippen LogP contribution in [0.15, 0.2) is 88.7 Å². The first-order valence-corrected chi connectivity index (χ1v) is 9.88. The summed E-state index contributed by atoms with van der Waals surface area (Å²) in [6, 6.07) is 22.0. The molecular weight excluding hydrogens is 362 g/mol. The Labute approximate surface area is 167 Å². The maximum Gasteiger partial charge on any atom is 0.209 e. The quantitative estimate of drug-likeness (QED) is 0.528. The van der Waals surface area contributed by atoms with Gasteiger partial charge >= 0.3 is 0 Å². The molecule has 2 atom stereocenters. The van der Waals surface area contributed by atoms with E-state index < -0.39 is 0 Å². The van der Waals surface area contributed by atoms with Gasteiger partial charge in [-0.3, -0.25) is 9.36 Å². The molecule has 0 bridgehead atoms. The molecule has 142 valence electrons. The summed E-state index contributed by atoms with van der Waals surface area (Å²) in [5.41, 5.74) is 4.84. The summed E-state index contributed by atoms with van der Waals surface area (Å²) in [7, 11) is 0. The number of hydrogen-bond donors (Lipinski definition) is 1. The third-order valence-corrected chi connectivity index (χ3v) is 5.96. The molecule has 0 saturated heterocycles. The van der Waals surface area contributed by atoms with Crippen LogP contribution in [-0.4, -0.2) is 15.3 Å². The van der Waals surface area contributed by atoms with E-state index in [1.54, 1.807) is 6.26 Å². The molecular formula is C24H19N3O2. The molecule has 1 aliphatic carbocycles. The normalized spacial score (nSPS) is 21.0. The van der Waals surface area contributed by atoms with Gasteiger partial charge in [-0.25, -0.2) is 4.98 Å². The van der Waals surface area contributed by atoms with Crippen LogP contribution >= 0.6 is 0 Å². The van der Waals surface area contributed by atoms with Crippen LogP contribution in [0.4, 0.5) is 5.95 Å². The number of carbonyl (C=O) groups excluding carboxylic acids is 1. The summed E-state index contributed by atoms with van der Waals surface area (Å²) >= 11 is 0. The van der Waals surface area contributed by atoms with E-state index in [4.69, 9.17) is 9.40 Å². The molecule has 0 fully saturated rings. The molecule has 0 saturated carbocycles. The van der Waals surface area contributed by atoms with Gasteiger partial charge in [0, 0.05) is 23.6 Å². The number of nitrogens with one attached hydrogen (secondary N) is 1. The minimum Gasteiger partial charge on any atom is -0.469 e. The zero-order chi connectivity index (χ0) is 19.4. The zero-order valence-corrected chi connectivity index (χ0v) is 15.7. The van der Waals surface area contributed by atoms with E-state index in [-0.39, 0.29) is 17.7 Å². The van der Waals surface area contributed by atoms with Crippen LogP contribution in [0.2, 0.25) is 0 Å². The number of furan rings is 1. The predicted molar refractivity (Wildman–Crippen MR) is 111 cm³/mol. The lowest BCUT2D eigenvalue weighted by Gasteiger charge is -2.35. The Hall–Kier alpha value is -3.60. The summed E-state index contributed by atoms with van der Waals surface area (Å²) in [5, 5.41) is 3.48. The van der Waals surface area contributed by atoms with Crippen molar-refractivity contribution in [1.82, 2.24) is 9.55 Å². The molecule has 5 nitrogen and oxygen atoms in total. The van der Waals surface area contributed by atoms with Gasteiger partial charge < -0.3 is 9.73 Å². The molecule has 2 aromatic heterocycles. The number of aromatic nitrogens is 2. The van der Waals surface area contributed by atoms with Crippen molar-refractivity contribution >= 4 is 22.8 Å². The Balaban J connectivity index is 1.56. The van der Waals surface area contributed by atoms with E-state index in [0.29, 0.717) is 6.42 Å². The van der Waals surface area contributed by atoms with Crippen molar-refractivity contribution in [2.75, 3.05) is 5.32 Å². The van der Waals surface area contributed by atoms with E-state index >= 15 is 0 Å². The summed E-state index contributed by atoms with van der Waals surface area (Å²) < 4.78 is 7.77. The number of nitrogens with zero attached hydrogens (tertiary/aromatic N) is 2. The summed E-state index contributed by atoms with van der Waals surface area (Å²) in [4.78, 5) is 18.2. The molecule has 0 spiro atoms. The Morgan fingerprint density at radius 3 is 2.62 bits per heavy atom. The standard InChI is InChI=1S/C24H19N3O2/c28-20-14-16(21-11-6-12-29-21)13-18-22(20)23(15-7-2-1-3-8-15)27-19-10-5-4-9-17(19)25-24(27)26-18/h1-12,16,23H,13-14H2,(H,25,26)/t16-,23-/m0/s1. The molecule has 2 aliphatic rings. The van der Waals surface area contributed by atoms with Crippen molar-refractivity contribution in [3.63, 3.8) is 0 Å². The van der Waals surface area contributed by atoms with E-state index in [2.05, 4.69) is 28.1 Å². The smallest absolute Gasteiger partial charge is 0.209 e. The molecule has 29 heavy (non-hydrogen) atoms. The first-order chi connectivity index (χ1) is 14.3. The molecule has 4 aromatic rings. The van der Waals surface area contributed by atoms with Crippen LogP contribution in [0.3, 0.4) is 0 Å². The van der Waals surface area contributed by atoms with Gasteiger partial charge in [-0.05, 0) is 36.2 Å². The molecule has 3 heterocycles. The maximum absolute atomic E-state index is 13.4. The van der Waals surface area contributed by atoms with Crippen molar-refractivity contribution in [3.05, 3.63) is 95.6 Å². The lowest BCUT2D eigenvalue weighted by atomic mass is 9.79. The Morgan fingerprint density at radius 2 is 1.79 bits per heavy atom. The first kappa shape index (κ1) is 16.4. The van der Waals surface area contributed by atoms with Crippen LogP contribution in [0.1, 0.15) is 36.1 Å². The van der Waals surface area contributed by atoms with Crippen LogP contribution in [0.5, 0.6) is 0 Å². The minimum absolute atomic E-state index is 0.0519. The third kappa shape index (κ3) is 2.47. The maximum atomic E-state index is 13.4. The summed E-state index contributed by atoms with van der Waals surface area (Å²) in [5.74, 6) is 1.86. The van der Waals surface area contributed by atoms with Gasteiger partial charge in [0.1, 0.15) is 5.76 Å². The minimum atomic E-state index is -0.181. The third-order valence-electron chi connectivity index (χ3n) is 5.96. The molecule has 5 heteroatoms. The molecule has 0 amide bonds. The molecule has 0 radical (unpaired) electrons. The SMILES string of the molecule is O=C1C[C@@H](c2ccco2)CC2=C1[C@H](c1ccccc1)n1c(nc3ccccc31)N2. The number of benzene rings is 2. The number of ketones is 1. The Kier molecular flexibility index (Phi) is 3.50. The lowest BCUT2D eigenvalue weighted by molar-refractivity contribution is -0.116.